The Kier molecular flexibility index (Phi) is 6.66. The van der Waals surface area contributed by atoms with E-state index >= 15 is 0 Å². The van der Waals surface area contributed by atoms with E-state index in [0.717, 1.165) is 0 Å². The zero-order valence-electron chi connectivity index (χ0n) is 23.0. The Hall–Kier alpha value is -3.39. The second-order valence-electron chi connectivity index (χ2n) is 11.1. The Morgan fingerprint density at radius 1 is 1.13 bits per heavy atom. The van der Waals surface area contributed by atoms with Crippen LogP contribution in [0.1, 0.15) is 25.3 Å². The van der Waals surface area contributed by atoms with Crippen LogP contribution in [0.15, 0.2) is 23.8 Å². The van der Waals surface area contributed by atoms with Gasteiger partial charge in [0.1, 0.15) is 48.6 Å². The van der Waals surface area contributed by atoms with E-state index in [2.05, 4.69) is 29.9 Å². The van der Waals surface area contributed by atoms with E-state index in [9.17, 15) is 19.0 Å². The summed E-state index contributed by atoms with van der Waals surface area (Å²) >= 11 is 0. The number of hydrogen-bond donors (Lipinski definition) is 4. The van der Waals surface area contributed by atoms with Crippen molar-refractivity contribution in [2.75, 3.05) is 24.7 Å². The van der Waals surface area contributed by atoms with Crippen molar-refractivity contribution in [1.29, 1.82) is 0 Å². The van der Waals surface area contributed by atoms with Crippen LogP contribution in [0, 0.1) is 5.92 Å². The topological polar surface area (TPSA) is 269 Å². The van der Waals surface area contributed by atoms with Gasteiger partial charge in [-0.15, -0.1) is 9.05 Å². The van der Waals surface area contributed by atoms with Crippen LogP contribution >= 0.6 is 15.7 Å². The van der Waals surface area contributed by atoms with Crippen molar-refractivity contribution in [2.45, 2.75) is 55.3 Å². The van der Waals surface area contributed by atoms with E-state index in [-0.39, 0.29) is 28.8 Å². The van der Waals surface area contributed by atoms with Crippen molar-refractivity contribution < 1.29 is 41.8 Å². The molecule has 1 aliphatic carbocycles. The van der Waals surface area contributed by atoms with Crippen LogP contribution in [0.3, 0.4) is 0 Å². The first-order chi connectivity index (χ1) is 21.5. The first-order valence-corrected chi connectivity index (χ1v) is 16.4. The van der Waals surface area contributed by atoms with Gasteiger partial charge < -0.3 is 35.1 Å². The fourth-order valence-corrected chi connectivity index (χ4v) is 8.39. The maximum Gasteiger partial charge on any atom is 0.697 e. The number of imidazole rings is 2. The summed E-state index contributed by atoms with van der Waals surface area (Å²) < 4.78 is 65.1. The Morgan fingerprint density at radius 2 is 1.91 bits per heavy atom. The van der Waals surface area contributed by atoms with Gasteiger partial charge in [-0.3, -0.25) is 23.5 Å². The predicted octanol–water partition coefficient (Wildman–Crippen LogP) is -0.189. The smallest absolute Gasteiger partial charge is 0.387 e. The van der Waals surface area contributed by atoms with Crippen molar-refractivity contribution in [3.8, 4) is 0 Å². The molecule has 0 spiro atoms. The zero-order valence-corrected chi connectivity index (χ0v) is 24.8. The third-order valence-electron chi connectivity index (χ3n) is 8.53. The van der Waals surface area contributed by atoms with E-state index in [0.29, 0.717) is 24.0 Å². The minimum Gasteiger partial charge on any atom is -0.387 e. The quantitative estimate of drug-likeness (QED) is 0.160. The number of nitrogens with zero attached hydrogens (tertiary/aromatic N) is 7. The molecule has 234 valence electrons. The van der Waals surface area contributed by atoms with Gasteiger partial charge in [-0.1, -0.05) is 0 Å². The van der Waals surface area contributed by atoms with Crippen LogP contribution in [0.4, 0.5) is 11.8 Å². The van der Waals surface area contributed by atoms with Crippen LogP contribution in [0.5, 0.6) is 0 Å². The molecule has 45 heavy (non-hydrogen) atoms. The lowest BCUT2D eigenvalue weighted by atomic mass is 10.0. The molecule has 10 unspecified atom stereocenters. The molecule has 3 saturated heterocycles. The van der Waals surface area contributed by atoms with E-state index in [1.165, 1.54) is 23.5 Å². The molecule has 6 N–H and O–H groups in total. The number of aliphatic hydroxyl groups is 1. The Labute approximate surface area is 253 Å². The van der Waals surface area contributed by atoms with Crippen molar-refractivity contribution in [1.82, 2.24) is 39.0 Å². The molecule has 3 aliphatic heterocycles. The van der Waals surface area contributed by atoms with Gasteiger partial charge in [-0.05, 0) is 12.8 Å². The number of aliphatic hydroxyl groups excluding tert-OH is 1. The van der Waals surface area contributed by atoms with Crippen molar-refractivity contribution in [3.05, 3.63) is 29.3 Å². The molecule has 4 fully saturated rings. The first kappa shape index (κ1) is 29.0. The molecule has 4 aliphatic rings. The summed E-state index contributed by atoms with van der Waals surface area (Å²) in [5.74, 6) is -0.396. The fourth-order valence-electron chi connectivity index (χ4n) is 6.50. The Morgan fingerprint density at radius 3 is 2.73 bits per heavy atom. The largest absolute Gasteiger partial charge is 0.697 e. The highest BCUT2D eigenvalue weighted by molar-refractivity contribution is 7.79. The number of aromatic nitrogens is 8. The maximum absolute atomic E-state index is 13.6. The van der Waals surface area contributed by atoms with Gasteiger partial charge in [-0.2, -0.15) is 4.98 Å². The summed E-state index contributed by atoms with van der Waals surface area (Å²) in [6.07, 6.45) is -2.06. The van der Waals surface area contributed by atoms with Crippen molar-refractivity contribution in [3.63, 3.8) is 0 Å². The summed E-state index contributed by atoms with van der Waals surface area (Å²) in [5, 5.41) is 11.1. The highest BCUT2D eigenvalue weighted by atomic mass is 31.2. The van der Waals surface area contributed by atoms with Gasteiger partial charge in [0, 0.05) is 10.5 Å². The number of nitrogens with two attached hydrogens (primary N) is 2. The summed E-state index contributed by atoms with van der Waals surface area (Å²) in [7, 11) is -1.19. The lowest BCUT2D eigenvalue weighted by molar-refractivity contribution is -0.134. The zero-order chi connectivity index (χ0) is 31.2. The Balaban J connectivity index is 1.12. The standard InChI is InChI=1S/C22H23BN10O10P2/c23-45(37)39-4-22-2-1-8(19(41-22)32-6-28-10-15(24)26-5-27-16(10)32)14(22)42-44(36)38-3-9-12(34)13(43-45)20(40-9)33-7-29-11-17(33)30-21(25)31-18(11)35/h5-9,12-14,19-20,34H,1-4H2,(H4-,24,25,26,27,30,31,35)/p+1. The van der Waals surface area contributed by atoms with Gasteiger partial charge in [0.2, 0.25) is 13.5 Å². The molecule has 2 radical (unpaired) electrons. The third kappa shape index (κ3) is 4.61. The van der Waals surface area contributed by atoms with Crippen LogP contribution in [0.2, 0.25) is 0 Å². The summed E-state index contributed by atoms with van der Waals surface area (Å²) in [4.78, 5) is 35.4. The number of H-pyrrole nitrogens is 1. The predicted molar refractivity (Wildman–Crippen MR) is 150 cm³/mol. The minimum atomic E-state index is -4.47. The van der Waals surface area contributed by atoms with Crippen LogP contribution in [0.25, 0.3) is 22.3 Å². The van der Waals surface area contributed by atoms with Crippen LogP contribution in [-0.2, 0) is 36.7 Å². The number of ether oxygens (including phenoxy) is 2. The van der Waals surface area contributed by atoms with Crippen molar-refractivity contribution >= 4 is 57.4 Å². The van der Waals surface area contributed by atoms with E-state index in [1.807, 2.05) is 0 Å². The number of hydrogen-bond acceptors (Lipinski definition) is 17. The molecule has 20 nitrogen and oxygen atoms in total. The second kappa shape index (κ2) is 10.3. The molecule has 23 heteroatoms. The SMILES string of the molecule is [B]P1(=O)OCC23CCC(C(n4cnc5c(N)ncnc54)O2)C3O[P+](=O)OCC2OC(n3cnc4c(=O)[nH]c(N)nc43)C(O1)C2O. The fraction of sp³-hybridized carbons (Fsp3) is 0.545. The van der Waals surface area contributed by atoms with E-state index in [1.54, 1.807) is 4.57 Å². The minimum absolute atomic E-state index is 0.00454. The van der Waals surface area contributed by atoms with Crippen LogP contribution in [-0.4, -0.2) is 94.9 Å². The number of nitrogen functional groups attached to an aromatic ring is 2. The first-order valence-electron chi connectivity index (χ1n) is 13.7. The number of aromatic amines is 1. The van der Waals surface area contributed by atoms with Crippen molar-refractivity contribution in [2.24, 2.45) is 5.92 Å². The second-order valence-corrected chi connectivity index (χ2v) is 13.6. The summed E-state index contributed by atoms with van der Waals surface area (Å²) in [6.45, 7) is -0.827. The number of rotatable bonds is 2. The van der Waals surface area contributed by atoms with Gasteiger partial charge >= 0.3 is 8.25 Å². The van der Waals surface area contributed by atoms with Gasteiger partial charge in [0.15, 0.2) is 35.0 Å². The molecule has 10 atom stereocenters. The summed E-state index contributed by atoms with van der Waals surface area (Å²) in [5.41, 5.74) is 10.5. The highest BCUT2D eigenvalue weighted by Gasteiger charge is 2.65. The van der Waals surface area contributed by atoms with Gasteiger partial charge in [-0.25, -0.2) is 19.9 Å². The lowest BCUT2D eigenvalue weighted by Crippen LogP contribution is -2.42. The maximum atomic E-state index is 13.6. The molecule has 4 aromatic rings. The molecule has 0 amide bonds. The van der Waals surface area contributed by atoms with Gasteiger partial charge in [0.25, 0.3) is 13.0 Å². The molecular formula is C22H24BN10O10P2+. The molecule has 4 bridgehead atoms. The lowest BCUT2D eigenvalue weighted by Gasteiger charge is -2.33. The molecule has 0 aromatic carbocycles. The highest BCUT2D eigenvalue weighted by Crippen LogP contribution is 2.59. The number of anilines is 2. The molecule has 4 aromatic heterocycles. The third-order valence-corrected chi connectivity index (χ3v) is 10.3. The number of nitrogens with one attached hydrogen (secondary N) is 1. The normalized spacial score (nSPS) is 37.8. The molecule has 1 saturated carbocycles. The molecular weight excluding hydrogens is 637 g/mol. The Bertz CT molecular complexity index is 1960. The van der Waals surface area contributed by atoms with Gasteiger partial charge in [0.05, 0.1) is 19.3 Å². The van der Waals surface area contributed by atoms with E-state index < -0.39 is 77.0 Å². The average Bonchev–Trinajstić information content (AvgIpc) is 3.80. The number of fused-ring (bicyclic) bond motifs is 4. The monoisotopic (exact) mass is 661 g/mol. The molecule has 8 rings (SSSR count). The molecule has 7 heterocycles. The van der Waals surface area contributed by atoms with Crippen LogP contribution < -0.4 is 17.0 Å². The van der Waals surface area contributed by atoms with E-state index in [4.69, 9.17) is 46.6 Å². The average molecular weight is 661 g/mol. The summed E-state index contributed by atoms with van der Waals surface area (Å²) in [6, 6.07) is 0.